The van der Waals surface area contributed by atoms with Gasteiger partial charge in [-0.1, -0.05) is 147 Å². The summed E-state index contributed by atoms with van der Waals surface area (Å²) in [4.78, 5) is 10.1. The Bertz CT molecular complexity index is 2440. The number of nitrogens with zero attached hydrogens (tertiary/aromatic N) is 2. The molecule has 0 fully saturated rings. The SMILES string of the molecule is CC1(C)c2cc(-c3cccc(-c4cccc(C5=NC(c6ccccc6)NC(c6ccccc6)=N5)c4)c3)ccc2-c2cc3ccccc3cc21. The molecule has 0 saturated heterocycles. The van der Waals surface area contributed by atoms with Gasteiger partial charge in [0.1, 0.15) is 12.0 Å². The first-order valence-electron chi connectivity index (χ1n) is 16.9. The Balaban J connectivity index is 1.07. The number of hydrogen-bond acceptors (Lipinski definition) is 3. The summed E-state index contributed by atoms with van der Waals surface area (Å²) in [5.74, 6) is 1.54. The molecule has 1 N–H and O–H groups in total. The summed E-state index contributed by atoms with van der Waals surface area (Å²) in [6, 6.07) is 58.5. The zero-order chi connectivity index (χ0) is 33.0. The highest BCUT2D eigenvalue weighted by Crippen LogP contribution is 2.50. The van der Waals surface area contributed by atoms with Gasteiger partial charge in [-0.15, -0.1) is 0 Å². The summed E-state index contributed by atoms with van der Waals surface area (Å²) in [5, 5.41) is 6.14. The second-order valence-electron chi connectivity index (χ2n) is 13.5. The molecule has 9 rings (SSSR count). The van der Waals surface area contributed by atoms with Crippen LogP contribution in [0.1, 0.15) is 47.8 Å². The topological polar surface area (TPSA) is 36.8 Å². The van der Waals surface area contributed by atoms with E-state index in [4.69, 9.17) is 9.98 Å². The summed E-state index contributed by atoms with van der Waals surface area (Å²) in [7, 11) is 0. The molecule has 0 bridgehead atoms. The van der Waals surface area contributed by atoms with E-state index in [1.807, 2.05) is 24.3 Å². The van der Waals surface area contributed by atoms with E-state index in [1.165, 1.54) is 44.2 Å². The fourth-order valence-corrected chi connectivity index (χ4v) is 7.44. The second kappa shape index (κ2) is 11.6. The smallest absolute Gasteiger partial charge is 0.159 e. The summed E-state index contributed by atoms with van der Waals surface area (Å²) in [5.41, 5.74) is 13.2. The fourth-order valence-electron chi connectivity index (χ4n) is 7.44. The first-order valence-corrected chi connectivity index (χ1v) is 16.9. The van der Waals surface area contributed by atoms with Gasteiger partial charge in [0.25, 0.3) is 0 Å². The normalized spacial score (nSPS) is 15.9. The van der Waals surface area contributed by atoms with Gasteiger partial charge in [-0.05, 0) is 91.2 Å². The molecule has 2 aliphatic rings. The average Bonchev–Trinajstić information content (AvgIpc) is 3.39. The van der Waals surface area contributed by atoms with Gasteiger partial charge in [-0.2, -0.15) is 0 Å². The number of aliphatic imine (C=N–C) groups is 2. The standard InChI is InChI=1S/C46H35N3/c1-46(2)41-29-37(23-24-39(41)40-27-35-17-9-10-18-36(35)28-42(40)46)33-20-11-19-32(25-33)34-21-12-22-38(26-34)45-48-43(30-13-5-3-6-14-30)47-44(49-45)31-15-7-4-8-16-31/h3-29,43H,1-2H3,(H,47,48,49). The monoisotopic (exact) mass is 629 g/mol. The Morgan fingerprint density at radius 2 is 1.02 bits per heavy atom. The van der Waals surface area contributed by atoms with E-state index < -0.39 is 0 Å². The zero-order valence-corrected chi connectivity index (χ0v) is 27.6. The predicted octanol–water partition coefficient (Wildman–Crippen LogP) is 11.0. The largest absolute Gasteiger partial charge is 0.344 e. The van der Waals surface area contributed by atoms with Crippen molar-refractivity contribution in [2.24, 2.45) is 9.98 Å². The van der Waals surface area contributed by atoms with Crippen LogP contribution in [0.4, 0.5) is 0 Å². The third-order valence-electron chi connectivity index (χ3n) is 10.1. The molecule has 1 heterocycles. The average molecular weight is 630 g/mol. The lowest BCUT2D eigenvalue weighted by Gasteiger charge is -2.23. The van der Waals surface area contributed by atoms with Crippen LogP contribution in [0.3, 0.4) is 0 Å². The van der Waals surface area contributed by atoms with E-state index in [0.29, 0.717) is 0 Å². The number of amidine groups is 2. The Morgan fingerprint density at radius 3 is 1.73 bits per heavy atom. The van der Waals surface area contributed by atoms with Gasteiger partial charge < -0.3 is 5.32 Å². The van der Waals surface area contributed by atoms with Gasteiger partial charge in [-0.25, -0.2) is 9.98 Å². The number of rotatable bonds is 5. The Kier molecular flexibility index (Phi) is 6.87. The summed E-state index contributed by atoms with van der Waals surface area (Å²) in [6.45, 7) is 4.71. The maximum absolute atomic E-state index is 5.10. The van der Waals surface area contributed by atoms with Crippen molar-refractivity contribution >= 4 is 22.4 Å². The van der Waals surface area contributed by atoms with Gasteiger partial charge in [0, 0.05) is 16.5 Å². The van der Waals surface area contributed by atoms with Crippen LogP contribution in [0.25, 0.3) is 44.2 Å². The van der Waals surface area contributed by atoms with Crippen molar-refractivity contribution in [3.8, 4) is 33.4 Å². The van der Waals surface area contributed by atoms with Crippen LogP contribution < -0.4 is 5.32 Å². The van der Waals surface area contributed by atoms with Gasteiger partial charge in [0.2, 0.25) is 0 Å². The van der Waals surface area contributed by atoms with Crippen LogP contribution in [0, 0.1) is 0 Å². The van der Waals surface area contributed by atoms with Crippen LogP contribution in [-0.2, 0) is 5.41 Å². The molecule has 0 amide bonds. The van der Waals surface area contributed by atoms with Crippen molar-refractivity contribution in [1.29, 1.82) is 0 Å². The minimum atomic E-state index is -0.232. The summed E-state index contributed by atoms with van der Waals surface area (Å²) in [6.07, 6.45) is -0.232. The van der Waals surface area contributed by atoms with Crippen molar-refractivity contribution in [3.05, 3.63) is 192 Å². The second-order valence-corrected chi connectivity index (χ2v) is 13.5. The molecule has 3 nitrogen and oxygen atoms in total. The lowest BCUT2D eigenvalue weighted by atomic mass is 9.81. The molecule has 1 atom stereocenters. The van der Waals surface area contributed by atoms with Crippen LogP contribution in [0.15, 0.2) is 174 Å². The molecule has 1 unspecified atom stereocenters. The number of fused-ring (bicyclic) bond motifs is 4. The molecule has 234 valence electrons. The highest BCUT2D eigenvalue weighted by atomic mass is 15.2. The van der Waals surface area contributed by atoms with Crippen molar-refractivity contribution in [2.45, 2.75) is 25.4 Å². The van der Waals surface area contributed by atoms with Crippen LogP contribution in [0.5, 0.6) is 0 Å². The van der Waals surface area contributed by atoms with Gasteiger partial charge in [0.05, 0.1) is 0 Å². The summed E-state index contributed by atoms with van der Waals surface area (Å²) < 4.78 is 0. The lowest BCUT2D eigenvalue weighted by molar-refractivity contribution is 0.661. The molecular formula is C46H35N3. The predicted molar refractivity (Wildman–Crippen MR) is 204 cm³/mol. The van der Waals surface area contributed by atoms with E-state index in [2.05, 4.69) is 159 Å². The van der Waals surface area contributed by atoms with Crippen LogP contribution >= 0.6 is 0 Å². The number of benzene rings is 7. The van der Waals surface area contributed by atoms with E-state index in [0.717, 1.165) is 39.5 Å². The fraction of sp³-hybridized carbons (Fsp3) is 0.0870. The maximum Gasteiger partial charge on any atom is 0.159 e. The van der Waals surface area contributed by atoms with E-state index in [-0.39, 0.29) is 11.6 Å². The van der Waals surface area contributed by atoms with Crippen LogP contribution in [0.2, 0.25) is 0 Å². The molecule has 7 aromatic rings. The minimum absolute atomic E-state index is 0.0804. The molecule has 0 saturated carbocycles. The third kappa shape index (κ3) is 5.15. The van der Waals surface area contributed by atoms with Crippen molar-refractivity contribution in [3.63, 3.8) is 0 Å². The molecule has 3 heteroatoms. The zero-order valence-electron chi connectivity index (χ0n) is 27.6. The quantitative estimate of drug-likeness (QED) is 0.202. The Labute approximate surface area is 287 Å². The van der Waals surface area contributed by atoms with Gasteiger partial charge in [0.15, 0.2) is 5.84 Å². The van der Waals surface area contributed by atoms with Crippen LogP contribution in [-0.4, -0.2) is 11.7 Å². The maximum atomic E-state index is 5.10. The third-order valence-corrected chi connectivity index (χ3v) is 10.1. The molecule has 0 spiro atoms. The molecule has 0 radical (unpaired) electrons. The van der Waals surface area contributed by atoms with Crippen molar-refractivity contribution in [2.75, 3.05) is 0 Å². The lowest BCUT2D eigenvalue weighted by Crippen LogP contribution is -2.33. The first kappa shape index (κ1) is 29.1. The molecule has 1 aliphatic heterocycles. The highest BCUT2D eigenvalue weighted by Gasteiger charge is 2.36. The first-order chi connectivity index (χ1) is 24.0. The highest BCUT2D eigenvalue weighted by molar-refractivity contribution is 6.13. The molecule has 49 heavy (non-hydrogen) atoms. The molecule has 7 aromatic carbocycles. The number of hydrogen-bond donors (Lipinski definition) is 1. The molecule has 1 aliphatic carbocycles. The van der Waals surface area contributed by atoms with E-state index in [1.54, 1.807) is 0 Å². The summed E-state index contributed by atoms with van der Waals surface area (Å²) >= 11 is 0. The molecular weight excluding hydrogens is 595 g/mol. The van der Waals surface area contributed by atoms with Gasteiger partial charge in [-0.3, -0.25) is 0 Å². The number of nitrogens with one attached hydrogen (secondary N) is 1. The van der Waals surface area contributed by atoms with Crippen molar-refractivity contribution in [1.82, 2.24) is 5.32 Å². The van der Waals surface area contributed by atoms with Gasteiger partial charge >= 0.3 is 0 Å². The Morgan fingerprint density at radius 1 is 0.469 bits per heavy atom. The molecule has 0 aromatic heterocycles. The Hall–Kier alpha value is -6.06. The van der Waals surface area contributed by atoms with Crippen molar-refractivity contribution < 1.29 is 0 Å². The minimum Gasteiger partial charge on any atom is -0.344 e. The van der Waals surface area contributed by atoms with E-state index >= 15 is 0 Å². The van der Waals surface area contributed by atoms with E-state index in [9.17, 15) is 0 Å².